The first-order chi connectivity index (χ1) is 8.62. The highest BCUT2D eigenvalue weighted by molar-refractivity contribution is 6.30. The van der Waals surface area contributed by atoms with Crippen LogP contribution in [0.5, 0.6) is 0 Å². The van der Waals surface area contributed by atoms with Crippen molar-refractivity contribution in [2.75, 3.05) is 25.1 Å². The van der Waals surface area contributed by atoms with Gasteiger partial charge in [-0.2, -0.15) is 5.26 Å². The number of carbonyl (C=O) groups excluding carboxylic acids is 1. The molecule has 4 nitrogen and oxygen atoms in total. The van der Waals surface area contributed by atoms with Crippen LogP contribution in [0.15, 0.2) is 24.0 Å². The van der Waals surface area contributed by atoms with E-state index in [4.69, 9.17) is 21.6 Å². The Bertz CT molecular complexity index is 516. The third-order valence-corrected chi connectivity index (χ3v) is 2.54. The number of rotatable bonds is 5. The maximum atomic E-state index is 10.7. The van der Waals surface area contributed by atoms with E-state index >= 15 is 0 Å². The van der Waals surface area contributed by atoms with Crippen molar-refractivity contribution in [2.45, 2.75) is 6.92 Å². The first kappa shape index (κ1) is 14.1. The van der Waals surface area contributed by atoms with Crippen molar-refractivity contribution < 1.29 is 9.53 Å². The van der Waals surface area contributed by atoms with Gasteiger partial charge in [-0.3, -0.25) is 0 Å². The minimum atomic E-state index is 0.207. The molecule has 0 saturated carbocycles. The van der Waals surface area contributed by atoms with Crippen LogP contribution < -0.4 is 4.90 Å². The Morgan fingerprint density at radius 3 is 2.83 bits per heavy atom. The number of nitrogens with zero attached hydrogens (tertiary/aromatic N) is 2. The Kier molecular flexibility index (Phi) is 5.26. The van der Waals surface area contributed by atoms with Gasteiger partial charge in [-0.15, -0.1) is 0 Å². The molecule has 0 unspecified atom stereocenters. The summed E-state index contributed by atoms with van der Waals surface area (Å²) < 4.78 is 5.12. The van der Waals surface area contributed by atoms with Crippen LogP contribution in [-0.2, 0) is 9.53 Å². The first-order valence-electron chi connectivity index (χ1n) is 5.40. The van der Waals surface area contributed by atoms with E-state index in [9.17, 15) is 4.79 Å². The molecule has 1 rings (SSSR count). The lowest BCUT2D eigenvalue weighted by atomic mass is 10.2. The van der Waals surface area contributed by atoms with Crippen LogP contribution in [0.4, 0.5) is 5.69 Å². The van der Waals surface area contributed by atoms with Crippen molar-refractivity contribution in [3.63, 3.8) is 0 Å². The van der Waals surface area contributed by atoms with Crippen molar-refractivity contribution in [1.29, 1.82) is 5.26 Å². The van der Waals surface area contributed by atoms with Gasteiger partial charge in [-0.25, -0.2) is 4.79 Å². The third kappa shape index (κ3) is 3.53. The van der Waals surface area contributed by atoms with Crippen LogP contribution in [0.1, 0.15) is 12.5 Å². The van der Waals surface area contributed by atoms with Gasteiger partial charge in [0.05, 0.1) is 24.4 Å². The van der Waals surface area contributed by atoms with Gasteiger partial charge in [0, 0.05) is 12.1 Å². The monoisotopic (exact) mass is 264 g/mol. The fraction of sp³-hybridized carbons (Fsp3) is 0.308. The lowest BCUT2D eigenvalue weighted by Crippen LogP contribution is -2.22. The molecule has 0 aliphatic carbocycles. The third-order valence-electron chi connectivity index (χ3n) is 2.30. The first-order valence-corrected chi connectivity index (χ1v) is 5.77. The van der Waals surface area contributed by atoms with Gasteiger partial charge in [-0.05, 0) is 25.1 Å². The molecule has 0 amide bonds. The molecule has 0 bridgehead atoms. The van der Waals surface area contributed by atoms with Gasteiger partial charge in [0.1, 0.15) is 6.07 Å². The molecule has 0 aliphatic heterocycles. The number of likely N-dealkylation sites (N-methyl/N-ethyl adjacent to an activating group) is 1. The summed E-state index contributed by atoms with van der Waals surface area (Å²) in [6, 6.07) is 7.07. The van der Waals surface area contributed by atoms with E-state index in [1.54, 1.807) is 43.0 Å². The van der Waals surface area contributed by atoms with Crippen LogP contribution in [0.25, 0.3) is 0 Å². The van der Waals surface area contributed by atoms with Crippen LogP contribution in [-0.4, -0.2) is 26.1 Å². The Hall–Kier alpha value is -1.95. The molecule has 0 radical (unpaired) electrons. The smallest absolute Gasteiger partial charge is 0.199 e. The Morgan fingerprint density at radius 2 is 2.28 bits per heavy atom. The molecule has 0 N–H and O–H groups in total. The molecule has 0 atom stereocenters. The number of hydrogen-bond acceptors (Lipinski definition) is 4. The van der Waals surface area contributed by atoms with E-state index in [2.05, 4.69) is 6.07 Å². The Labute approximate surface area is 111 Å². The number of hydrogen-bond donors (Lipinski definition) is 0. The van der Waals surface area contributed by atoms with E-state index < -0.39 is 0 Å². The molecule has 94 valence electrons. The zero-order chi connectivity index (χ0) is 13.5. The summed E-state index contributed by atoms with van der Waals surface area (Å²) in [6.45, 7) is 2.46. The summed E-state index contributed by atoms with van der Waals surface area (Å²) in [5.74, 6) is 1.95. The van der Waals surface area contributed by atoms with Crippen molar-refractivity contribution in [1.82, 2.24) is 0 Å². The fourth-order valence-electron chi connectivity index (χ4n) is 1.51. The maximum Gasteiger partial charge on any atom is 0.199 e. The summed E-state index contributed by atoms with van der Waals surface area (Å²) in [7, 11) is 1.76. The zero-order valence-corrected chi connectivity index (χ0v) is 11.0. The summed E-state index contributed by atoms with van der Waals surface area (Å²) in [6.07, 6.45) is 0. The predicted octanol–water partition coefficient (Wildman–Crippen LogP) is 2.40. The summed E-state index contributed by atoms with van der Waals surface area (Å²) in [5.41, 5.74) is 1.14. The molecule has 0 spiro atoms. The Balaban J connectivity index is 2.94. The highest BCUT2D eigenvalue weighted by Crippen LogP contribution is 2.23. The normalized spacial score (nSPS) is 9.22. The lowest BCUT2D eigenvalue weighted by molar-refractivity contribution is 0.229. The van der Waals surface area contributed by atoms with Crippen LogP contribution in [0.3, 0.4) is 0 Å². The zero-order valence-electron chi connectivity index (χ0n) is 10.2. The molecule has 18 heavy (non-hydrogen) atoms. The number of benzene rings is 1. The largest absolute Gasteiger partial charge is 0.485 e. The van der Waals surface area contributed by atoms with Gasteiger partial charge in [0.25, 0.3) is 0 Å². The summed E-state index contributed by atoms with van der Waals surface area (Å²) >= 11 is 5.82. The minimum absolute atomic E-state index is 0.207. The van der Waals surface area contributed by atoms with E-state index in [0.29, 0.717) is 22.9 Å². The van der Waals surface area contributed by atoms with Crippen molar-refractivity contribution in [2.24, 2.45) is 0 Å². The lowest BCUT2D eigenvalue weighted by Gasteiger charge is -2.20. The van der Waals surface area contributed by atoms with Gasteiger partial charge < -0.3 is 9.64 Å². The number of anilines is 1. The Morgan fingerprint density at radius 1 is 1.56 bits per heavy atom. The molecule has 0 fully saturated rings. The fourth-order valence-corrected chi connectivity index (χ4v) is 1.68. The van der Waals surface area contributed by atoms with Crippen molar-refractivity contribution in [3.05, 3.63) is 34.5 Å². The van der Waals surface area contributed by atoms with E-state index in [-0.39, 0.29) is 12.3 Å². The number of halogens is 1. The molecule has 0 aromatic heterocycles. The second-order valence-corrected chi connectivity index (χ2v) is 4.02. The quantitative estimate of drug-likeness (QED) is 0.605. The SMILES string of the molecule is CCOC(=C=O)CN(C)c1ccc(Cl)cc1C#N. The summed E-state index contributed by atoms with van der Waals surface area (Å²) in [4.78, 5) is 12.4. The van der Waals surface area contributed by atoms with Crippen molar-refractivity contribution >= 4 is 23.2 Å². The van der Waals surface area contributed by atoms with Crippen LogP contribution in [0, 0.1) is 11.3 Å². The molecule has 1 aromatic rings. The van der Waals surface area contributed by atoms with E-state index in [1.165, 1.54) is 0 Å². The average molecular weight is 265 g/mol. The molecule has 0 aliphatic rings. The molecular formula is C13H13ClN2O2. The highest BCUT2D eigenvalue weighted by atomic mass is 35.5. The van der Waals surface area contributed by atoms with Crippen LogP contribution >= 0.6 is 11.6 Å². The number of ether oxygens (including phenoxy) is 1. The van der Waals surface area contributed by atoms with Crippen molar-refractivity contribution in [3.8, 4) is 6.07 Å². The standard InChI is InChI=1S/C13H13ClN2O2/c1-3-18-12(9-17)8-16(2)13-5-4-11(14)6-10(13)7-15/h4-6H,3,8H2,1-2H3. The molecule has 5 heteroatoms. The van der Waals surface area contributed by atoms with Gasteiger partial charge >= 0.3 is 0 Å². The second kappa shape index (κ2) is 6.70. The van der Waals surface area contributed by atoms with Gasteiger partial charge in [0.15, 0.2) is 11.7 Å². The second-order valence-electron chi connectivity index (χ2n) is 3.59. The summed E-state index contributed by atoms with van der Waals surface area (Å²) in [5, 5.41) is 9.54. The van der Waals surface area contributed by atoms with E-state index in [1.807, 2.05) is 0 Å². The number of nitriles is 1. The van der Waals surface area contributed by atoms with Gasteiger partial charge in [0.2, 0.25) is 0 Å². The molecule has 0 heterocycles. The topological polar surface area (TPSA) is 53.3 Å². The maximum absolute atomic E-state index is 10.7. The van der Waals surface area contributed by atoms with E-state index in [0.717, 1.165) is 0 Å². The molecule has 1 aromatic carbocycles. The predicted molar refractivity (Wildman–Crippen MR) is 70.3 cm³/mol. The molecule has 0 saturated heterocycles. The average Bonchev–Trinajstić information content (AvgIpc) is 2.37. The van der Waals surface area contributed by atoms with Crippen LogP contribution in [0.2, 0.25) is 5.02 Å². The highest BCUT2D eigenvalue weighted by Gasteiger charge is 2.10. The molecular weight excluding hydrogens is 252 g/mol. The minimum Gasteiger partial charge on any atom is -0.485 e. The van der Waals surface area contributed by atoms with Gasteiger partial charge in [-0.1, -0.05) is 11.6 Å².